The minimum absolute atomic E-state index is 0.0559. The third kappa shape index (κ3) is 4.49. The summed E-state index contributed by atoms with van der Waals surface area (Å²) >= 11 is 0. The number of benzene rings is 2. The third-order valence-electron chi connectivity index (χ3n) is 7.48. The van der Waals surface area contributed by atoms with Crippen molar-refractivity contribution in [2.45, 2.75) is 32.2 Å². The molecule has 1 amide bonds. The zero-order valence-electron chi connectivity index (χ0n) is 22.9. The molecule has 0 fully saturated rings. The van der Waals surface area contributed by atoms with Crippen molar-refractivity contribution in [3.63, 3.8) is 0 Å². The molecule has 0 saturated heterocycles. The molecule has 3 heterocycles. The van der Waals surface area contributed by atoms with Crippen molar-refractivity contribution in [3.05, 3.63) is 99.2 Å². The summed E-state index contributed by atoms with van der Waals surface area (Å²) in [6.07, 6.45) is 11.3. The Kier molecular flexibility index (Phi) is 6.76. The maximum Gasteiger partial charge on any atom is 0.300 e. The first-order valence-electron chi connectivity index (χ1n) is 13.3. The first-order chi connectivity index (χ1) is 20.2. The summed E-state index contributed by atoms with van der Waals surface area (Å²) in [6.45, 7) is 1.80. The highest BCUT2D eigenvalue weighted by atomic mass is 32.2. The van der Waals surface area contributed by atoms with Gasteiger partial charge in [0.05, 0.1) is 17.1 Å². The number of hydrogen-bond acceptors (Lipinski definition) is 6. The first-order valence-corrected chi connectivity index (χ1v) is 14.8. The van der Waals surface area contributed by atoms with Crippen LogP contribution in [-0.2, 0) is 23.1 Å². The number of anilines is 1. The van der Waals surface area contributed by atoms with E-state index in [-0.39, 0.29) is 22.6 Å². The number of nitrogens with zero attached hydrogens (tertiary/aromatic N) is 4. The molecule has 42 heavy (non-hydrogen) atoms. The van der Waals surface area contributed by atoms with Crippen molar-refractivity contribution in [3.8, 4) is 18.0 Å². The van der Waals surface area contributed by atoms with Crippen LogP contribution in [0.1, 0.15) is 52.1 Å². The van der Waals surface area contributed by atoms with Crippen molar-refractivity contribution < 1.29 is 13.2 Å². The zero-order valence-corrected chi connectivity index (χ0v) is 23.7. The van der Waals surface area contributed by atoms with E-state index >= 15 is 0 Å². The average Bonchev–Trinajstić information content (AvgIpc) is 3.36. The Morgan fingerprint density at radius 2 is 1.88 bits per heavy atom. The second kappa shape index (κ2) is 10.4. The van der Waals surface area contributed by atoms with E-state index in [0.717, 1.165) is 29.4 Å². The van der Waals surface area contributed by atoms with Crippen molar-refractivity contribution >= 4 is 38.4 Å². The van der Waals surface area contributed by atoms with Crippen LogP contribution >= 0.6 is 0 Å². The van der Waals surface area contributed by atoms with E-state index in [4.69, 9.17) is 6.42 Å². The molecule has 3 aromatic heterocycles. The van der Waals surface area contributed by atoms with Gasteiger partial charge in [-0.3, -0.25) is 18.9 Å². The van der Waals surface area contributed by atoms with E-state index in [0.29, 0.717) is 28.8 Å². The van der Waals surface area contributed by atoms with Crippen LogP contribution in [0.15, 0.2) is 65.7 Å². The normalized spacial score (nSPS) is 13.5. The highest BCUT2D eigenvalue weighted by molar-refractivity contribution is 7.90. The zero-order chi connectivity index (χ0) is 29.6. The van der Waals surface area contributed by atoms with Gasteiger partial charge in [0.1, 0.15) is 5.56 Å². The van der Waals surface area contributed by atoms with Gasteiger partial charge in [0.15, 0.2) is 11.5 Å². The molecule has 11 nitrogen and oxygen atoms in total. The highest BCUT2D eigenvalue weighted by Gasteiger charge is 2.30. The van der Waals surface area contributed by atoms with E-state index in [9.17, 15) is 18.0 Å². The first kappa shape index (κ1) is 27.2. The van der Waals surface area contributed by atoms with Gasteiger partial charge < -0.3 is 5.32 Å². The van der Waals surface area contributed by atoms with Gasteiger partial charge in [-0.1, -0.05) is 30.2 Å². The second-order valence-corrected chi connectivity index (χ2v) is 11.6. The fraction of sp³-hybridized carbons (Fsp3) is 0.200. The molecule has 1 aliphatic carbocycles. The number of rotatable bonds is 7. The Bertz CT molecular complexity index is 2090. The summed E-state index contributed by atoms with van der Waals surface area (Å²) in [7, 11) is -2.75. The van der Waals surface area contributed by atoms with Crippen molar-refractivity contribution in [2.75, 3.05) is 11.8 Å². The Labute approximate surface area is 241 Å². The monoisotopic (exact) mass is 581 g/mol. The van der Waals surface area contributed by atoms with Gasteiger partial charge in [-0.2, -0.15) is 8.42 Å². The smallest absolute Gasteiger partial charge is 0.300 e. The van der Waals surface area contributed by atoms with Gasteiger partial charge >= 0.3 is 0 Å². The molecule has 0 bridgehead atoms. The van der Waals surface area contributed by atoms with Crippen LogP contribution in [0.3, 0.4) is 0 Å². The number of hydrogen-bond donors (Lipinski definition) is 3. The van der Waals surface area contributed by atoms with Crippen LogP contribution in [0, 0.1) is 12.3 Å². The third-order valence-corrected chi connectivity index (χ3v) is 8.48. The van der Waals surface area contributed by atoms with Gasteiger partial charge in [0, 0.05) is 30.7 Å². The van der Waals surface area contributed by atoms with E-state index < -0.39 is 22.2 Å². The van der Waals surface area contributed by atoms with Crippen LogP contribution < -0.4 is 20.3 Å². The van der Waals surface area contributed by atoms with Crippen LogP contribution in [-0.4, -0.2) is 40.5 Å². The second-order valence-electron chi connectivity index (χ2n) is 9.98. The van der Waals surface area contributed by atoms with Crippen molar-refractivity contribution in [1.29, 1.82) is 0 Å². The molecule has 0 aliphatic heterocycles. The van der Waals surface area contributed by atoms with E-state index in [2.05, 4.69) is 30.8 Å². The fourth-order valence-corrected chi connectivity index (χ4v) is 6.20. The van der Waals surface area contributed by atoms with Gasteiger partial charge in [-0.15, -0.1) is 11.5 Å². The molecule has 0 unspecified atom stereocenters. The number of fused-ring (bicyclic) bond motifs is 1. The standard InChI is InChI=1S/C30H27N7O4S/c1-4-19-14-15-20-10-8-13-22-23(20)24(19)30(39)37(21-11-6-5-7-12-21)26(22)18(2)33-29(38)25-27(35-42(40,41)31-3)34-36-17-9-16-32-28(25)36/h1,5-7,9,11-12,14-18,31H,8,10,13H2,2-3H3,(H,33,38)(H,34,35)/t18-/m0/s1. The molecule has 6 rings (SSSR count). The predicted octanol–water partition coefficient (Wildman–Crippen LogP) is 2.87. The number of para-hydroxylation sites is 1. The number of nitrogens with one attached hydrogen (secondary N) is 3. The predicted molar refractivity (Wildman–Crippen MR) is 160 cm³/mol. The largest absolute Gasteiger partial charge is 0.344 e. The molecule has 0 radical (unpaired) electrons. The van der Waals surface area contributed by atoms with Crippen molar-refractivity contribution in [1.82, 2.24) is 29.2 Å². The maximum atomic E-state index is 14.3. The Balaban J connectivity index is 1.55. The number of carbonyl (C=O) groups is 1. The quantitative estimate of drug-likeness (QED) is 0.253. The maximum absolute atomic E-state index is 14.3. The molecular formula is C30H27N7O4S. The Hall–Kier alpha value is -4.99. The van der Waals surface area contributed by atoms with Gasteiger partial charge in [0.25, 0.3) is 21.7 Å². The van der Waals surface area contributed by atoms with Crippen LogP contribution in [0.2, 0.25) is 0 Å². The number of pyridine rings is 1. The fourth-order valence-electron chi connectivity index (χ4n) is 5.71. The minimum atomic E-state index is -3.99. The lowest BCUT2D eigenvalue weighted by atomic mass is 9.85. The summed E-state index contributed by atoms with van der Waals surface area (Å²) in [5.74, 6) is 1.88. The van der Waals surface area contributed by atoms with Crippen molar-refractivity contribution in [2.24, 2.45) is 0 Å². The molecule has 1 aliphatic rings. The number of aryl methyl sites for hydroxylation is 2. The summed E-state index contributed by atoms with van der Waals surface area (Å²) in [5.41, 5.74) is 3.60. The lowest BCUT2D eigenvalue weighted by Gasteiger charge is -2.28. The van der Waals surface area contributed by atoms with E-state index in [1.807, 2.05) is 42.5 Å². The minimum Gasteiger partial charge on any atom is -0.344 e. The summed E-state index contributed by atoms with van der Waals surface area (Å²) in [5, 5.41) is 8.56. The topological polar surface area (TPSA) is 139 Å². The van der Waals surface area contributed by atoms with E-state index in [1.165, 1.54) is 17.8 Å². The lowest BCUT2D eigenvalue weighted by Crippen LogP contribution is -2.35. The molecule has 212 valence electrons. The summed E-state index contributed by atoms with van der Waals surface area (Å²) in [4.78, 5) is 32.4. The number of aromatic nitrogens is 4. The lowest BCUT2D eigenvalue weighted by molar-refractivity contribution is 0.0941. The average molecular weight is 582 g/mol. The Morgan fingerprint density at radius 1 is 1.10 bits per heavy atom. The van der Waals surface area contributed by atoms with Crippen LogP contribution in [0.5, 0.6) is 0 Å². The number of amides is 1. The van der Waals surface area contributed by atoms with Crippen LogP contribution in [0.4, 0.5) is 5.82 Å². The summed E-state index contributed by atoms with van der Waals surface area (Å²) in [6, 6.07) is 13.9. The van der Waals surface area contributed by atoms with Gasteiger partial charge in [-0.05, 0) is 67.0 Å². The highest BCUT2D eigenvalue weighted by Crippen LogP contribution is 2.35. The van der Waals surface area contributed by atoms with Crippen LogP contribution in [0.25, 0.3) is 22.1 Å². The molecular weight excluding hydrogens is 554 g/mol. The molecule has 2 aromatic carbocycles. The van der Waals surface area contributed by atoms with Gasteiger partial charge in [-0.25, -0.2) is 14.2 Å². The molecule has 0 spiro atoms. The molecule has 12 heteroatoms. The van der Waals surface area contributed by atoms with E-state index in [1.54, 1.807) is 23.8 Å². The van der Waals surface area contributed by atoms with Gasteiger partial charge in [0.2, 0.25) is 0 Å². The summed E-state index contributed by atoms with van der Waals surface area (Å²) < 4.78 is 32.1. The Morgan fingerprint density at radius 3 is 2.62 bits per heavy atom. The molecule has 5 aromatic rings. The number of carbonyl (C=O) groups excluding carboxylic acids is 1. The molecule has 0 saturated carbocycles. The molecule has 3 N–H and O–H groups in total. The number of terminal acetylenes is 1. The molecule has 1 atom stereocenters. The SMILES string of the molecule is C#Cc1ccc2c3c(c([C@H](C)NC(=O)c4c(NS(=O)(=O)NC)nn5cccnc45)n(-c4ccccc4)c(=O)c13)CCC2.